The van der Waals surface area contributed by atoms with E-state index in [1.54, 1.807) is 0 Å². The van der Waals surface area contributed by atoms with E-state index in [1.807, 2.05) is 18.3 Å². The zero-order valence-corrected chi connectivity index (χ0v) is 9.10. The topological polar surface area (TPSA) is 42.1 Å². The molecule has 1 saturated heterocycles. The number of aromatic nitrogens is 1. The summed E-state index contributed by atoms with van der Waals surface area (Å²) in [5.74, 6) is 0. The summed E-state index contributed by atoms with van der Waals surface area (Å²) in [6.07, 6.45) is 5.46. The van der Waals surface area contributed by atoms with E-state index in [1.165, 1.54) is 25.1 Å². The van der Waals surface area contributed by atoms with E-state index in [-0.39, 0.29) is 0 Å². The average molecular weight is 205 g/mol. The van der Waals surface area contributed by atoms with Crippen LogP contribution in [0.15, 0.2) is 24.4 Å². The van der Waals surface area contributed by atoms with Crippen LogP contribution in [0.5, 0.6) is 0 Å². The van der Waals surface area contributed by atoms with Gasteiger partial charge in [0.15, 0.2) is 0 Å². The maximum absolute atomic E-state index is 5.74. The standard InChI is InChI=1S/C12H19N3/c13-10-12-5-3-8-15(12)9-6-11-4-1-2-7-14-11/h1-2,4,7,12H,3,5-6,8-10,13H2. The van der Waals surface area contributed by atoms with Crippen LogP contribution in [0.25, 0.3) is 0 Å². The number of likely N-dealkylation sites (tertiary alicyclic amines) is 1. The zero-order valence-electron chi connectivity index (χ0n) is 9.10. The van der Waals surface area contributed by atoms with Crippen molar-refractivity contribution in [1.29, 1.82) is 0 Å². The molecule has 0 radical (unpaired) electrons. The number of hydrogen-bond donors (Lipinski definition) is 1. The second kappa shape index (κ2) is 5.24. The zero-order chi connectivity index (χ0) is 10.5. The summed E-state index contributed by atoms with van der Waals surface area (Å²) in [6.45, 7) is 3.09. The highest BCUT2D eigenvalue weighted by atomic mass is 15.2. The number of hydrogen-bond acceptors (Lipinski definition) is 3. The monoisotopic (exact) mass is 205 g/mol. The Hall–Kier alpha value is -0.930. The van der Waals surface area contributed by atoms with Crippen LogP contribution in [0.2, 0.25) is 0 Å². The summed E-state index contributed by atoms with van der Waals surface area (Å²) in [5, 5.41) is 0. The Morgan fingerprint density at radius 2 is 2.40 bits per heavy atom. The highest BCUT2D eigenvalue weighted by Crippen LogP contribution is 2.16. The number of pyridine rings is 1. The minimum atomic E-state index is 0.605. The van der Waals surface area contributed by atoms with E-state index in [4.69, 9.17) is 5.73 Å². The lowest BCUT2D eigenvalue weighted by atomic mass is 10.2. The van der Waals surface area contributed by atoms with Gasteiger partial charge in [-0.2, -0.15) is 0 Å². The fourth-order valence-electron chi connectivity index (χ4n) is 2.26. The first-order valence-corrected chi connectivity index (χ1v) is 5.74. The van der Waals surface area contributed by atoms with Crippen LogP contribution < -0.4 is 5.73 Å². The fraction of sp³-hybridized carbons (Fsp3) is 0.583. The van der Waals surface area contributed by atoms with Crippen molar-refractivity contribution in [3.63, 3.8) is 0 Å². The first-order valence-electron chi connectivity index (χ1n) is 5.74. The molecule has 0 amide bonds. The van der Waals surface area contributed by atoms with Gasteiger partial charge in [-0.3, -0.25) is 9.88 Å². The normalized spacial score (nSPS) is 22.1. The molecule has 2 rings (SSSR count). The van der Waals surface area contributed by atoms with Crippen molar-refractivity contribution in [1.82, 2.24) is 9.88 Å². The maximum atomic E-state index is 5.74. The molecule has 3 heteroatoms. The van der Waals surface area contributed by atoms with E-state index < -0.39 is 0 Å². The molecular weight excluding hydrogens is 186 g/mol. The Labute approximate surface area is 91.3 Å². The van der Waals surface area contributed by atoms with Crippen LogP contribution in [0.1, 0.15) is 18.5 Å². The smallest absolute Gasteiger partial charge is 0.0416 e. The molecule has 0 aromatic carbocycles. The van der Waals surface area contributed by atoms with Gasteiger partial charge in [-0.1, -0.05) is 6.07 Å². The summed E-state index contributed by atoms with van der Waals surface area (Å²) < 4.78 is 0. The number of rotatable bonds is 4. The van der Waals surface area contributed by atoms with Crippen molar-refractivity contribution in [2.75, 3.05) is 19.6 Å². The van der Waals surface area contributed by atoms with E-state index in [0.29, 0.717) is 6.04 Å². The summed E-state index contributed by atoms with van der Waals surface area (Å²) in [5.41, 5.74) is 6.92. The van der Waals surface area contributed by atoms with E-state index >= 15 is 0 Å². The third-order valence-corrected chi connectivity index (χ3v) is 3.15. The molecule has 1 aromatic heterocycles. The van der Waals surface area contributed by atoms with Crippen molar-refractivity contribution in [2.24, 2.45) is 5.73 Å². The van der Waals surface area contributed by atoms with Gasteiger partial charge >= 0.3 is 0 Å². The lowest BCUT2D eigenvalue weighted by Crippen LogP contribution is -2.36. The third kappa shape index (κ3) is 2.76. The lowest BCUT2D eigenvalue weighted by Gasteiger charge is -2.22. The van der Waals surface area contributed by atoms with Gasteiger partial charge in [-0.25, -0.2) is 0 Å². The maximum Gasteiger partial charge on any atom is 0.0416 e. The molecule has 0 aliphatic carbocycles. The SMILES string of the molecule is NCC1CCCN1CCc1ccccn1. The first-order chi connectivity index (χ1) is 7.40. The van der Waals surface area contributed by atoms with Crippen molar-refractivity contribution in [2.45, 2.75) is 25.3 Å². The van der Waals surface area contributed by atoms with Gasteiger partial charge in [0.05, 0.1) is 0 Å². The average Bonchev–Trinajstić information content (AvgIpc) is 2.75. The molecule has 1 aliphatic rings. The molecule has 2 N–H and O–H groups in total. The Morgan fingerprint density at radius 3 is 3.13 bits per heavy atom. The Balaban J connectivity index is 1.83. The van der Waals surface area contributed by atoms with Crippen molar-refractivity contribution in [3.8, 4) is 0 Å². The summed E-state index contributed by atoms with van der Waals surface area (Å²) in [4.78, 5) is 6.83. The van der Waals surface area contributed by atoms with Crippen LogP contribution >= 0.6 is 0 Å². The Bertz CT molecular complexity index is 286. The van der Waals surface area contributed by atoms with Gasteiger partial charge in [0, 0.05) is 37.4 Å². The van der Waals surface area contributed by atoms with Gasteiger partial charge in [0.25, 0.3) is 0 Å². The molecule has 0 saturated carbocycles. The molecule has 1 atom stereocenters. The molecule has 1 fully saturated rings. The Morgan fingerprint density at radius 1 is 1.47 bits per heavy atom. The molecule has 0 spiro atoms. The molecule has 0 bridgehead atoms. The van der Waals surface area contributed by atoms with E-state index in [0.717, 1.165) is 19.5 Å². The molecule has 82 valence electrons. The summed E-state index contributed by atoms with van der Waals surface area (Å²) >= 11 is 0. The fourth-order valence-corrected chi connectivity index (χ4v) is 2.26. The van der Waals surface area contributed by atoms with Gasteiger partial charge in [-0.15, -0.1) is 0 Å². The van der Waals surface area contributed by atoms with E-state index in [2.05, 4.69) is 16.0 Å². The molecule has 1 unspecified atom stereocenters. The minimum absolute atomic E-state index is 0.605. The van der Waals surface area contributed by atoms with Crippen molar-refractivity contribution < 1.29 is 0 Å². The van der Waals surface area contributed by atoms with Crippen LogP contribution in [0, 0.1) is 0 Å². The molecule has 15 heavy (non-hydrogen) atoms. The third-order valence-electron chi connectivity index (χ3n) is 3.15. The molecular formula is C12H19N3. The van der Waals surface area contributed by atoms with Crippen LogP contribution in [-0.2, 0) is 6.42 Å². The van der Waals surface area contributed by atoms with Gasteiger partial charge in [0.1, 0.15) is 0 Å². The van der Waals surface area contributed by atoms with Crippen LogP contribution in [0.4, 0.5) is 0 Å². The molecule has 1 aromatic rings. The number of nitrogens with zero attached hydrogens (tertiary/aromatic N) is 2. The number of nitrogens with two attached hydrogens (primary N) is 1. The Kier molecular flexibility index (Phi) is 3.69. The highest BCUT2D eigenvalue weighted by Gasteiger charge is 2.22. The van der Waals surface area contributed by atoms with Gasteiger partial charge in [0.2, 0.25) is 0 Å². The summed E-state index contributed by atoms with van der Waals surface area (Å²) in [7, 11) is 0. The van der Waals surface area contributed by atoms with Gasteiger partial charge in [-0.05, 0) is 31.5 Å². The van der Waals surface area contributed by atoms with Crippen LogP contribution in [0.3, 0.4) is 0 Å². The minimum Gasteiger partial charge on any atom is -0.329 e. The van der Waals surface area contributed by atoms with E-state index in [9.17, 15) is 0 Å². The molecule has 1 aliphatic heterocycles. The van der Waals surface area contributed by atoms with Gasteiger partial charge < -0.3 is 5.73 Å². The largest absolute Gasteiger partial charge is 0.329 e. The molecule has 3 nitrogen and oxygen atoms in total. The predicted molar refractivity (Wildman–Crippen MR) is 61.6 cm³/mol. The van der Waals surface area contributed by atoms with Crippen LogP contribution in [-0.4, -0.2) is 35.6 Å². The predicted octanol–water partition coefficient (Wildman–Crippen LogP) is 1.05. The lowest BCUT2D eigenvalue weighted by molar-refractivity contribution is 0.261. The molecule has 2 heterocycles. The summed E-state index contributed by atoms with van der Waals surface area (Å²) in [6, 6.07) is 6.70. The van der Waals surface area contributed by atoms with Crippen molar-refractivity contribution >= 4 is 0 Å². The second-order valence-electron chi connectivity index (χ2n) is 4.14. The quantitative estimate of drug-likeness (QED) is 0.799. The highest BCUT2D eigenvalue weighted by molar-refractivity contribution is 5.04. The second-order valence-corrected chi connectivity index (χ2v) is 4.14. The first kappa shape index (κ1) is 10.6. The van der Waals surface area contributed by atoms with Crippen molar-refractivity contribution in [3.05, 3.63) is 30.1 Å².